The van der Waals surface area contributed by atoms with Gasteiger partial charge in [0, 0.05) is 58.2 Å². The number of nitrogens with one attached hydrogen (secondary N) is 4. The highest BCUT2D eigenvalue weighted by Crippen LogP contribution is 2.15. The van der Waals surface area contributed by atoms with Crippen molar-refractivity contribution < 1.29 is 4.79 Å². The topological polar surface area (TPSA) is 170 Å². The lowest BCUT2D eigenvalue weighted by Gasteiger charge is -2.19. The van der Waals surface area contributed by atoms with E-state index in [0.29, 0.717) is 6.04 Å². The quantitative estimate of drug-likeness (QED) is 0.192. The van der Waals surface area contributed by atoms with Crippen molar-refractivity contribution in [1.82, 2.24) is 50.3 Å². The zero-order valence-corrected chi connectivity index (χ0v) is 36.0. The molecular formula is C42H79N11O2. The van der Waals surface area contributed by atoms with Gasteiger partial charge in [-0.1, -0.05) is 59.3 Å². The largest absolute Gasteiger partial charge is 0.369 e. The lowest BCUT2D eigenvalue weighted by molar-refractivity contribution is -0.122. The molecule has 3 saturated heterocycles. The van der Waals surface area contributed by atoms with Crippen LogP contribution in [0.1, 0.15) is 103 Å². The molecule has 55 heavy (non-hydrogen) atoms. The van der Waals surface area contributed by atoms with Gasteiger partial charge in [0.25, 0.3) is 0 Å². The van der Waals surface area contributed by atoms with E-state index >= 15 is 0 Å². The molecule has 13 heteroatoms. The van der Waals surface area contributed by atoms with Crippen LogP contribution in [0, 0.1) is 25.7 Å². The summed E-state index contributed by atoms with van der Waals surface area (Å²) in [6.45, 7) is 31.9. The minimum Gasteiger partial charge on any atom is -0.369 e. The minimum atomic E-state index is -0.199. The number of fused-ring (bicyclic) bond motifs is 1. The van der Waals surface area contributed by atoms with E-state index in [1.54, 1.807) is 38.9 Å². The van der Waals surface area contributed by atoms with Crippen LogP contribution in [-0.2, 0) is 18.9 Å². The van der Waals surface area contributed by atoms with Crippen LogP contribution in [0.2, 0.25) is 0 Å². The molecule has 4 aliphatic rings. The molecule has 6 heterocycles. The molecule has 7 rings (SSSR count). The molecule has 6 N–H and O–H groups in total. The molecule has 3 aliphatic heterocycles. The first-order valence-corrected chi connectivity index (χ1v) is 20.3. The van der Waals surface area contributed by atoms with Crippen LogP contribution in [0.5, 0.6) is 0 Å². The van der Waals surface area contributed by atoms with Gasteiger partial charge in [0.05, 0.1) is 17.9 Å². The predicted molar refractivity (Wildman–Crippen MR) is 233 cm³/mol. The van der Waals surface area contributed by atoms with Crippen LogP contribution in [0.25, 0.3) is 11.2 Å². The van der Waals surface area contributed by atoms with E-state index in [0.717, 1.165) is 74.0 Å². The molecule has 3 unspecified atom stereocenters. The second kappa shape index (κ2) is 35.9. The number of hydrogen-bond donors (Lipinski definition) is 5. The van der Waals surface area contributed by atoms with Gasteiger partial charge in [0.1, 0.15) is 11.8 Å². The average Bonchev–Trinajstić information content (AvgIpc) is 3.63. The molecule has 3 aromatic heterocycles. The fourth-order valence-corrected chi connectivity index (χ4v) is 5.59. The Morgan fingerprint density at radius 3 is 1.67 bits per heavy atom. The molecule has 0 aromatic carbocycles. The molecule has 1 aliphatic carbocycles. The third-order valence-corrected chi connectivity index (χ3v) is 8.78. The number of piperazine rings is 1. The monoisotopic (exact) mass is 770 g/mol. The van der Waals surface area contributed by atoms with Gasteiger partial charge in [-0.05, 0) is 78.1 Å². The summed E-state index contributed by atoms with van der Waals surface area (Å²) in [6, 6.07) is 2.47. The standard InChI is InChI=1S/C7H8N4.C6H8N2O.C6H12N2O.C6H13N.C6H12.C5H12N2.C2H6.2C2H4/c1-5-6-7(9-3-8-5)11(2)4-10-6;1-5-3-4-8(2)6(9)7-5;7-6(9)5-2-1-3-8-4-5;1-6-3-2-4-7-5-6;1-2-4-6-5-3-1;1-5-4-6-2-3-7-5;3*1-2/h3-4H,1-2H3;3-4H,1-2H3;5,8H,1-4H2,(H2,7,9);6-7H,2-5H2,1H3;1-6H2;5-7H,2-4H2,1H3;1-2H3;2*1-2H2. The van der Waals surface area contributed by atoms with Crippen LogP contribution in [0.15, 0.2) is 56.0 Å². The summed E-state index contributed by atoms with van der Waals surface area (Å²) >= 11 is 0. The van der Waals surface area contributed by atoms with Crippen LogP contribution < -0.4 is 32.7 Å². The van der Waals surface area contributed by atoms with Gasteiger partial charge in [-0.15, -0.1) is 26.3 Å². The summed E-state index contributed by atoms with van der Waals surface area (Å²) < 4.78 is 3.32. The fraction of sp³-hybridized carbons (Fsp3) is 0.667. The third kappa shape index (κ3) is 26.6. The van der Waals surface area contributed by atoms with Gasteiger partial charge in [-0.25, -0.2) is 19.7 Å². The van der Waals surface area contributed by atoms with E-state index in [9.17, 15) is 9.59 Å². The molecule has 0 bridgehead atoms. The smallest absolute Gasteiger partial charge is 0.347 e. The first-order valence-electron chi connectivity index (χ1n) is 20.3. The number of rotatable bonds is 1. The number of nitrogens with zero attached hydrogens (tertiary/aromatic N) is 6. The normalized spacial score (nSPS) is 19.5. The van der Waals surface area contributed by atoms with Gasteiger partial charge < -0.3 is 36.1 Å². The molecule has 4 fully saturated rings. The van der Waals surface area contributed by atoms with Crippen LogP contribution in [-0.4, -0.2) is 86.8 Å². The molecule has 1 amide bonds. The lowest BCUT2D eigenvalue weighted by Crippen LogP contribution is -2.46. The van der Waals surface area contributed by atoms with Crippen molar-refractivity contribution in [3.8, 4) is 0 Å². The van der Waals surface area contributed by atoms with E-state index in [-0.39, 0.29) is 17.5 Å². The fourth-order valence-electron chi connectivity index (χ4n) is 5.59. The van der Waals surface area contributed by atoms with Gasteiger partial charge in [-0.2, -0.15) is 4.98 Å². The van der Waals surface area contributed by atoms with Crippen molar-refractivity contribution in [3.63, 3.8) is 0 Å². The van der Waals surface area contributed by atoms with Crippen LogP contribution in [0.4, 0.5) is 0 Å². The number of aromatic nitrogens is 6. The number of carbonyl (C=O) groups is 1. The number of hydrogen-bond acceptors (Lipinski definition) is 10. The first-order chi connectivity index (χ1) is 26.6. The maximum absolute atomic E-state index is 10.7. The van der Waals surface area contributed by atoms with E-state index in [1.165, 1.54) is 69.0 Å². The highest BCUT2D eigenvalue weighted by molar-refractivity contribution is 5.76. The number of carbonyl (C=O) groups excluding carboxylic acids is 1. The number of nitrogens with two attached hydrogens (primary N) is 1. The lowest BCUT2D eigenvalue weighted by atomic mass is 9.99. The predicted octanol–water partition coefficient (Wildman–Crippen LogP) is 5.78. The Balaban J connectivity index is 0. The molecule has 0 spiro atoms. The Labute approximate surface area is 333 Å². The molecule has 3 atom stereocenters. The number of primary amides is 1. The highest BCUT2D eigenvalue weighted by atomic mass is 16.1. The van der Waals surface area contributed by atoms with Gasteiger partial charge in [0.15, 0.2) is 5.65 Å². The molecule has 314 valence electrons. The van der Waals surface area contributed by atoms with Crippen molar-refractivity contribution in [2.45, 2.75) is 112 Å². The Hall–Kier alpha value is -3.78. The molecule has 0 radical (unpaired) electrons. The number of aryl methyl sites for hydroxylation is 4. The SMILES string of the molecule is C1CCCCC1.C=C.C=C.CC.CC1CCCNC1.CC1CNCCN1.Cc1ccn(C)c(=O)n1.Cc1ncnc2c1ncn2C.NC(=O)C1CCCNC1. The number of imidazole rings is 1. The molecular weight excluding hydrogens is 691 g/mol. The molecule has 3 aromatic rings. The number of piperidine rings is 2. The Kier molecular flexibility index (Phi) is 34.8. The van der Waals surface area contributed by atoms with Gasteiger partial charge in [0.2, 0.25) is 5.91 Å². The van der Waals surface area contributed by atoms with Crippen molar-refractivity contribution in [1.29, 1.82) is 0 Å². The molecule has 1 saturated carbocycles. The van der Waals surface area contributed by atoms with Gasteiger partial charge in [-0.3, -0.25) is 4.79 Å². The zero-order valence-electron chi connectivity index (χ0n) is 36.0. The summed E-state index contributed by atoms with van der Waals surface area (Å²) in [7, 11) is 3.59. The minimum absolute atomic E-state index is 0.0822. The van der Waals surface area contributed by atoms with Crippen molar-refractivity contribution >= 4 is 17.1 Å². The Bertz CT molecular complexity index is 1360. The number of amides is 1. The van der Waals surface area contributed by atoms with E-state index < -0.39 is 0 Å². The van der Waals surface area contributed by atoms with E-state index in [4.69, 9.17) is 5.73 Å². The van der Waals surface area contributed by atoms with E-state index in [2.05, 4.69) is 81.4 Å². The Morgan fingerprint density at radius 2 is 1.33 bits per heavy atom. The summed E-state index contributed by atoms with van der Waals surface area (Å²) in [6.07, 6.45) is 18.8. The average molecular weight is 770 g/mol. The summed E-state index contributed by atoms with van der Waals surface area (Å²) in [5, 5.41) is 13.0. The maximum Gasteiger partial charge on any atom is 0.347 e. The van der Waals surface area contributed by atoms with E-state index in [1.807, 2.05) is 32.4 Å². The Morgan fingerprint density at radius 1 is 0.764 bits per heavy atom. The zero-order chi connectivity index (χ0) is 41.9. The first kappa shape index (κ1) is 53.3. The van der Waals surface area contributed by atoms with Crippen molar-refractivity contribution in [2.75, 3.05) is 45.8 Å². The second-order valence-electron chi connectivity index (χ2n) is 13.5. The maximum atomic E-state index is 10.7. The summed E-state index contributed by atoms with van der Waals surface area (Å²) in [5.74, 6) is 0.842. The van der Waals surface area contributed by atoms with Crippen molar-refractivity contribution in [3.05, 3.63) is 73.1 Å². The summed E-state index contributed by atoms with van der Waals surface area (Å²) in [4.78, 5) is 37.2. The molecule has 13 nitrogen and oxygen atoms in total. The summed E-state index contributed by atoms with van der Waals surface area (Å²) in [5.41, 5.74) is 8.35. The highest BCUT2D eigenvalue weighted by Gasteiger charge is 2.17. The van der Waals surface area contributed by atoms with Crippen LogP contribution >= 0.6 is 0 Å². The van der Waals surface area contributed by atoms with Crippen LogP contribution in [0.3, 0.4) is 0 Å². The second-order valence-corrected chi connectivity index (χ2v) is 13.5. The third-order valence-electron chi connectivity index (χ3n) is 8.78. The van der Waals surface area contributed by atoms with Crippen molar-refractivity contribution in [2.24, 2.45) is 31.7 Å². The van der Waals surface area contributed by atoms with Gasteiger partial charge >= 0.3 is 5.69 Å².